The van der Waals surface area contributed by atoms with Gasteiger partial charge in [-0.15, -0.1) is 0 Å². The summed E-state index contributed by atoms with van der Waals surface area (Å²) in [6, 6.07) is 9.28. The molecule has 0 bridgehead atoms. The van der Waals surface area contributed by atoms with Crippen molar-refractivity contribution in [1.82, 2.24) is 9.97 Å². The molecule has 0 aliphatic rings. The number of amides is 1. The van der Waals surface area contributed by atoms with Gasteiger partial charge in [-0.3, -0.25) is 15.1 Å². The van der Waals surface area contributed by atoms with E-state index in [1.807, 2.05) is 52.9 Å². The number of carbonyl (C=O) groups excluding carboxylic acids is 1. The minimum atomic E-state index is -0.673. The van der Waals surface area contributed by atoms with Crippen LogP contribution in [0.25, 0.3) is 0 Å². The summed E-state index contributed by atoms with van der Waals surface area (Å²) < 4.78 is 5.43. The second kappa shape index (κ2) is 6.32. The number of hydrogen-bond donors (Lipinski definition) is 2. The number of halogens is 1. The standard InChI is InChI=1S/C12H10IN3O3/c13-9-6-14-11(15-10(9)17)16-12(18)19-7-8-4-2-1-3-5-8/h1-6H,7H2,(H2,14,15,16,17,18). The van der Waals surface area contributed by atoms with Gasteiger partial charge in [0, 0.05) is 6.20 Å². The van der Waals surface area contributed by atoms with E-state index in [1.54, 1.807) is 0 Å². The zero-order valence-electron chi connectivity index (χ0n) is 9.72. The van der Waals surface area contributed by atoms with Crippen LogP contribution in [0.5, 0.6) is 0 Å². The highest BCUT2D eigenvalue weighted by molar-refractivity contribution is 14.1. The van der Waals surface area contributed by atoms with Gasteiger partial charge in [0.05, 0.1) is 3.57 Å². The van der Waals surface area contributed by atoms with Gasteiger partial charge in [-0.25, -0.2) is 9.78 Å². The number of anilines is 1. The normalized spacial score (nSPS) is 9.95. The molecule has 19 heavy (non-hydrogen) atoms. The molecule has 1 aromatic heterocycles. The van der Waals surface area contributed by atoms with E-state index in [1.165, 1.54) is 6.20 Å². The van der Waals surface area contributed by atoms with Crippen molar-refractivity contribution in [3.8, 4) is 0 Å². The molecule has 1 heterocycles. The Morgan fingerprint density at radius 2 is 2.11 bits per heavy atom. The van der Waals surface area contributed by atoms with Crippen LogP contribution >= 0.6 is 22.6 Å². The van der Waals surface area contributed by atoms with Crippen molar-refractivity contribution in [3.63, 3.8) is 0 Å². The molecular weight excluding hydrogens is 361 g/mol. The Labute approximate surface area is 122 Å². The van der Waals surface area contributed by atoms with Crippen LogP contribution in [-0.2, 0) is 11.3 Å². The second-order valence-electron chi connectivity index (χ2n) is 3.60. The molecule has 98 valence electrons. The van der Waals surface area contributed by atoms with Crippen LogP contribution < -0.4 is 10.9 Å². The molecule has 0 saturated carbocycles. The number of hydrogen-bond acceptors (Lipinski definition) is 4. The third kappa shape index (κ3) is 4.05. The number of benzene rings is 1. The van der Waals surface area contributed by atoms with Crippen molar-refractivity contribution in [1.29, 1.82) is 0 Å². The van der Waals surface area contributed by atoms with Gasteiger partial charge in [0.1, 0.15) is 6.61 Å². The zero-order chi connectivity index (χ0) is 13.7. The fourth-order valence-corrected chi connectivity index (χ4v) is 1.57. The van der Waals surface area contributed by atoms with Crippen LogP contribution in [0.1, 0.15) is 5.56 Å². The number of nitrogens with zero attached hydrogens (tertiary/aromatic N) is 1. The van der Waals surface area contributed by atoms with Crippen LogP contribution in [0.4, 0.5) is 10.7 Å². The maximum atomic E-state index is 11.5. The van der Waals surface area contributed by atoms with E-state index < -0.39 is 6.09 Å². The minimum Gasteiger partial charge on any atom is -0.444 e. The van der Waals surface area contributed by atoms with Gasteiger partial charge >= 0.3 is 6.09 Å². The Bertz CT molecular complexity index is 628. The van der Waals surface area contributed by atoms with Crippen molar-refractivity contribution in [2.24, 2.45) is 0 Å². The molecule has 0 saturated heterocycles. The van der Waals surface area contributed by atoms with Crippen molar-refractivity contribution in [3.05, 3.63) is 56.0 Å². The highest BCUT2D eigenvalue weighted by Gasteiger charge is 2.06. The predicted octanol–water partition coefficient (Wildman–Crippen LogP) is 2.12. The fraction of sp³-hybridized carbons (Fsp3) is 0.0833. The summed E-state index contributed by atoms with van der Waals surface area (Å²) in [4.78, 5) is 29.1. The van der Waals surface area contributed by atoms with E-state index in [4.69, 9.17) is 4.74 Å². The Balaban J connectivity index is 1.91. The number of H-pyrrole nitrogens is 1. The van der Waals surface area contributed by atoms with Gasteiger partial charge in [-0.2, -0.15) is 0 Å². The van der Waals surface area contributed by atoms with E-state index in [-0.39, 0.29) is 18.1 Å². The zero-order valence-corrected chi connectivity index (χ0v) is 11.9. The number of nitrogens with one attached hydrogen (secondary N) is 2. The molecule has 0 spiro atoms. The van der Waals surface area contributed by atoms with Gasteiger partial charge in [0.15, 0.2) is 0 Å². The SMILES string of the molecule is O=C(Nc1ncc(I)c(=O)[nH]1)OCc1ccccc1. The highest BCUT2D eigenvalue weighted by Crippen LogP contribution is 2.03. The fourth-order valence-electron chi connectivity index (χ4n) is 1.30. The number of ether oxygens (including phenoxy) is 1. The van der Waals surface area contributed by atoms with Crippen LogP contribution in [0, 0.1) is 3.57 Å². The summed E-state index contributed by atoms with van der Waals surface area (Å²) in [5.74, 6) is 0.0588. The molecule has 0 radical (unpaired) electrons. The lowest BCUT2D eigenvalue weighted by atomic mass is 10.2. The van der Waals surface area contributed by atoms with E-state index in [0.29, 0.717) is 3.57 Å². The monoisotopic (exact) mass is 371 g/mol. The van der Waals surface area contributed by atoms with E-state index in [9.17, 15) is 9.59 Å². The lowest BCUT2D eigenvalue weighted by Gasteiger charge is -2.06. The minimum absolute atomic E-state index is 0.0588. The first kappa shape index (κ1) is 13.5. The number of aromatic amines is 1. The third-order valence-electron chi connectivity index (χ3n) is 2.19. The van der Waals surface area contributed by atoms with E-state index in [2.05, 4.69) is 15.3 Å². The molecule has 2 rings (SSSR count). The molecule has 0 aliphatic heterocycles. The van der Waals surface area contributed by atoms with Crippen molar-refractivity contribution < 1.29 is 9.53 Å². The maximum absolute atomic E-state index is 11.5. The molecule has 6 nitrogen and oxygen atoms in total. The molecular formula is C12H10IN3O3. The lowest BCUT2D eigenvalue weighted by Crippen LogP contribution is -2.19. The first-order valence-corrected chi connectivity index (χ1v) is 6.45. The summed E-state index contributed by atoms with van der Waals surface area (Å²) in [5.41, 5.74) is 0.565. The molecule has 2 aromatic rings. The van der Waals surface area contributed by atoms with Crippen LogP contribution in [0.15, 0.2) is 41.3 Å². The largest absolute Gasteiger partial charge is 0.444 e. The Kier molecular flexibility index (Phi) is 4.50. The molecule has 0 aliphatic carbocycles. The van der Waals surface area contributed by atoms with Crippen LogP contribution in [-0.4, -0.2) is 16.1 Å². The van der Waals surface area contributed by atoms with Gasteiger partial charge in [0.2, 0.25) is 5.95 Å². The molecule has 1 aromatic carbocycles. The average Bonchev–Trinajstić information content (AvgIpc) is 2.42. The number of carbonyl (C=O) groups is 1. The van der Waals surface area contributed by atoms with Gasteiger partial charge < -0.3 is 4.74 Å². The smallest absolute Gasteiger partial charge is 0.414 e. The molecule has 0 fully saturated rings. The summed E-state index contributed by atoms with van der Waals surface area (Å²) >= 11 is 1.85. The number of rotatable bonds is 3. The molecule has 0 atom stereocenters. The van der Waals surface area contributed by atoms with E-state index >= 15 is 0 Å². The average molecular weight is 371 g/mol. The molecule has 1 amide bonds. The third-order valence-corrected chi connectivity index (χ3v) is 2.96. The summed E-state index contributed by atoms with van der Waals surface area (Å²) in [7, 11) is 0. The maximum Gasteiger partial charge on any atom is 0.414 e. The molecule has 0 unspecified atom stereocenters. The summed E-state index contributed by atoms with van der Waals surface area (Å²) in [5, 5.41) is 2.35. The first-order valence-electron chi connectivity index (χ1n) is 5.37. The van der Waals surface area contributed by atoms with Crippen LogP contribution in [0.3, 0.4) is 0 Å². The van der Waals surface area contributed by atoms with Crippen LogP contribution in [0.2, 0.25) is 0 Å². The Hall–Kier alpha value is -1.90. The highest BCUT2D eigenvalue weighted by atomic mass is 127. The van der Waals surface area contributed by atoms with Gasteiger partial charge in [-0.1, -0.05) is 30.3 Å². The second-order valence-corrected chi connectivity index (χ2v) is 4.76. The quantitative estimate of drug-likeness (QED) is 0.810. The van der Waals surface area contributed by atoms with Gasteiger partial charge in [0.25, 0.3) is 5.56 Å². The van der Waals surface area contributed by atoms with E-state index in [0.717, 1.165) is 5.56 Å². The number of aromatic nitrogens is 2. The first-order chi connectivity index (χ1) is 9.15. The lowest BCUT2D eigenvalue weighted by molar-refractivity contribution is 0.155. The van der Waals surface area contributed by atoms with Crippen molar-refractivity contribution in [2.75, 3.05) is 5.32 Å². The van der Waals surface area contributed by atoms with Crippen molar-refractivity contribution in [2.45, 2.75) is 6.61 Å². The Morgan fingerprint density at radius 3 is 2.79 bits per heavy atom. The predicted molar refractivity (Wildman–Crippen MR) is 77.8 cm³/mol. The molecule has 7 heteroatoms. The topological polar surface area (TPSA) is 84.1 Å². The Morgan fingerprint density at radius 1 is 1.37 bits per heavy atom. The molecule has 2 N–H and O–H groups in total. The van der Waals surface area contributed by atoms with Gasteiger partial charge in [-0.05, 0) is 28.2 Å². The summed E-state index contributed by atoms with van der Waals surface area (Å²) in [6.07, 6.45) is 0.694. The van der Waals surface area contributed by atoms with Crippen molar-refractivity contribution >= 4 is 34.6 Å². The summed E-state index contributed by atoms with van der Waals surface area (Å²) in [6.45, 7) is 0.154.